The maximum absolute atomic E-state index is 12.4. The summed E-state index contributed by atoms with van der Waals surface area (Å²) in [5.41, 5.74) is 1.22. The van der Waals surface area contributed by atoms with Gasteiger partial charge in [0.15, 0.2) is 0 Å². The maximum atomic E-state index is 12.4. The number of piperazine rings is 1. The van der Waals surface area contributed by atoms with E-state index in [1.54, 1.807) is 18.5 Å². The van der Waals surface area contributed by atoms with Crippen molar-refractivity contribution in [1.29, 1.82) is 0 Å². The van der Waals surface area contributed by atoms with Crippen molar-refractivity contribution in [3.8, 4) is 0 Å². The van der Waals surface area contributed by atoms with Crippen molar-refractivity contribution in [2.75, 3.05) is 24.5 Å². The minimum Gasteiger partial charge on any atom is -0.351 e. The third kappa shape index (κ3) is 5.88. The topological polar surface area (TPSA) is 83.0 Å². The number of aryl methyl sites for hydroxylation is 1. The lowest BCUT2D eigenvalue weighted by molar-refractivity contribution is -0.134. The first kappa shape index (κ1) is 20.0. The molecule has 28 heavy (non-hydrogen) atoms. The Balaban J connectivity index is 1.57. The molecule has 0 radical (unpaired) electrons. The number of alkyl halides is 3. The minimum atomic E-state index is -4.22. The lowest BCUT2D eigenvalue weighted by Crippen LogP contribution is -2.57. The second kappa shape index (κ2) is 8.96. The summed E-state index contributed by atoms with van der Waals surface area (Å²) in [5, 5.41) is 6.00. The van der Waals surface area contributed by atoms with Crippen LogP contribution in [-0.2, 0) is 17.8 Å². The van der Waals surface area contributed by atoms with Crippen LogP contribution < -0.4 is 15.5 Å². The number of rotatable bonds is 6. The van der Waals surface area contributed by atoms with Gasteiger partial charge in [0.1, 0.15) is 6.04 Å². The average Bonchev–Trinajstić information content (AvgIpc) is 2.71. The summed E-state index contributed by atoms with van der Waals surface area (Å²) in [6.45, 7) is 1.81. The zero-order valence-electron chi connectivity index (χ0n) is 15.1. The number of nitrogens with one attached hydrogen (secondary N) is 2. The molecule has 150 valence electrons. The van der Waals surface area contributed by atoms with Gasteiger partial charge in [0.25, 0.3) is 0 Å². The molecule has 1 saturated heterocycles. The molecule has 0 spiro atoms. The van der Waals surface area contributed by atoms with Gasteiger partial charge in [-0.3, -0.25) is 9.78 Å². The number of anilines is 1. The maximum Gasteiger partial charge on any atom is 0.389 e. The van der Waals surface area contributed by atoms with Gasteiger partial charge in [0, 0.05) is 56.9 Å². The third-order valence-electron chi connectivity index (χ3n) is 4.33. The summed E-state index contributed by atoms with van der Waals surface area (Å²) < 4.78 is 37.3. The fraction of sp³-hybridized carbons (Fsp3) is 0.444. The Hall–Kier alpha value is -2.75. The monoisotopic (exact) mass is 394 g/mol. The van der Waals surface area contributed by atoms with Crippen LogP contribution in [-0.4, -0.2) is 52.7 Å². The van der Waals surface area contributed by atoms with Crippen molar-refractivity contribution < 1.29 is 18.0 Å². The molecule has 10 heteroatoms. The minimum absolute atomic E-state index is 0.165. The van der Waals surface area contributed by atoms with E-state index in [2.05, 4.69) is 25.6 Å². The van der Waals surface area contributed by atoms with Gasteiger partial charge in [-0.15, -0.1) is 0 Å². The molecule has 0 saturated carbocycles. The summed E-state index contributed by atoms with van der Waals surface area (Å²) in [6, 6.07) is 4.68. The molecule has 1 atom stereocenters. The lowest BCUT2D eigenvalue weighted by atomic mass is 10.2. The standard InChI is InChI=1S/C18H21F3N6O/c19-18(20,21)5-3-14-4-7-24-17(26-14)27-9-8-23-15(12-27)16(28)25-11-13-2-1-6-22-10-13/h1-2,4,6-7,10,15,23H,3,5,8-9,11-12H2,(H,25,28). The Morgan fingerprint density at radius 1 is 1.32 bits per heavy atom. The number of halogens is 3. The molecule has 2 aromatic rings. The molecule has 3 heterocycles. The van der Waals surface area contributed by atoms with Crippen LogP contribution in [0.4, 0.5) is 19.1 Å². The number of carbonyl (C=O) groups excluding carboxylic acids is 1. The van der Waals surface area contributed by atoms with Crippen molar-refractivity contribution >= 4 is 11.9 Å². The number of nitrogens with zero attached hydrogens (tertiary/aromatic N) is 4. The Morgan fingerprint density at radius 3 is 2.93 bits per heavy atom. The first-order chi connectivity index (χ1) is 13.4. The molecule has 1 amide bonds. The smallest absolute Gasteiger partial charge is 0.351 e. The van der Waals surface area contributed by atoms with E-state index in [0.29, 0.717) is 37.8 Å². The van der Waals surface area contributed by atoms with E-state index in [1.165, 1.54) is 12.3 Å². The normalized spacial score (nSPS) is 17.4. The molecular formula is C18H21F3N6O. The second-order valence-electron chi connectivity index (χ2n) is 6.49. The van der Waals surface area contributed by atoms with Crippen LogP contribution in [0.25, 0.3) is 0 Å². The van der Waals surface area contributed by atoms with E-state index in [4.69, 9.17) is 0 Å². The van der Waals surface area contributed by atoms with E-state index in [0.717, 1.165) is 5.56 Å². The number of aromatic nitrogens is 3. The molecule has 7 nitrogen and oxygen atoms in total. The summed E-state index contributed by atoms with van der Waals surface area (Å²) in [6.07, 6.45) is -0.550. The molecule has 1 aliphatic heterocycles. The lowest BCUT2D eigenvalue weighted by Gasteiger charge is -2.33. The Morgan fingerprint density at radius 2 is 2.18 bits per heavy atom. The van der Waals surface area contributed by atoms with Gasteiger partial charge >= 0.3 is 6.18 Å². The van der Waals surface area contributed by atoms with Crippen LogP contribution in [0.3, 0.4) is 0 Å². The number of hydrogen-bond donors (Lipinski definition) is 2. The Bertz CT molecular complexity index is 786. The van der Waals surface area contributed by atoms with Crippen LogP contribution >= 0.6 is 0 Å². The molecule has 0 bridgehead atoms. The molecular weight excluding hydrogens is 373 g/mol. The van der Waals surface area contributed by atoms with Gasteiger partial charge in [-0.25, -0.2) is 9.97 Å². The van der Waals surface area contributed by atoms with Gasteiger partial charge in [0.05, 0.1) is 0 Å². The van der Waals surface area contributed by atoms with Crippen LogP contribution in [0.1, 0.15) is 17.7 Å². The summed E-state index contributed by atoms with van der Waals surface area (Å²) in [7, 11) is 0. The van der Waals surface area contributed by atoms with Gasteiger partial charge in [-0.2, -0.15) is 13.2 Å². The first-order valence-electron chi connectivity index (χ1n) is 8.94. The Labute approximate surface area is 160 Å². The number of amides is 1. The fourth-order valence-corrected chi connectivity index (χ4v) is 2.87. The molecule has 2 aromatic heterocycles. The molecule has 2 N–H and O–H groups in total. The van der Waals surface area contributed by atoms with E-state index in [9.17, 15) is 18.0 Å². The zero-order chi connectivity index (χ0) is 20.0. The second-order valence-corrected chi connectivity index (χ2v) is 6.49. The quantitative estimate of drug-likeness (QED) is 0.772. The van der Waals surface area contributed by atoms with Gasteiger partial charge in [-0.05, 0) is 24.1 Å². The highest BCUT2D eigenvalue weighted by Gasteiger charge is 2.28. The highest BCUT2D eigenvalue weighted by Crippen LogP contribution is 2.22. The highest BCUT2D eigenvalue weighted by molar-refractivity contribution is 5.82. The van der Waals surface area contributed by atoms with Crippen molar-refractivity contribution in [2.45, 2.75) is 31.6 Å². The Kier molecular flexibility index (Phi) is 6.40. The summed E-state index contributed by atoms with van der Waals surface area (Å²) in [4.78, 5) is 26.6. The molecule has 1 fully saturated rings. The van der Waals surface area contributed by atoms with Gasteiger partial charge in [0.2, 0.25) is 11.9 Å². The fourth-order valence-electron chi connectivity index (χ4n) is 2.87. The number of hydrogen-bond acceptors (Lipinski definition) is 6. The van der Waals surface area contributed by atoms with Crippen LogP contribution in [0.2, 0.25) is 0 Å². The summed E-state index contributed by atoms with van der Waals surface area (Å²) in [5.74, 6) is 0.174. The average molecular weight is 394 g/mol. The van der Waals surface area contributed by atoms with Gasteiger partial charge < -0.3 is 15.5 Å². The molecule has 1 aliphatic rings. The van der Waals surface area contributed by atoms with Crippen LogP contribution in [0.15, 0.2) is 36.8 Å². The molecule has 1 unspecified atom stereocenters. The highest BCUT2D eigenvalue weighted by atomic mass is 19.4. The van der Waals surface area contributed by atoms with E-state index in [1.807, 2.05) is 11.0 Å². The van der Waals surface area contributed by atoms with Crippen molar-refractivity contribution in [3.05, 3.63) is 48.0 Å². The third-order valence-corrected chi connectivity index (χ3v) is 4.33. The molecule has 3 rings (SSSR count). The number of carbonyl (C=O) groups is 1. The number of pyridine rings is 1. The van der Waals surface area contributed by atoms with Crippen LogP contribution in [0, 0.1) is 0 Å². The van der Waals surface area contributed by atoms with Crippen molar-refractivity contribution in [1.82, 2.24) is 25.6 Å². The predicted molar refractivity (Wildman–Crippen MR) is 96.5 cm³/mol. The summed E-state index contributed by atoms with van der Waals surface area (Å²) >= 11 is 0. The van der Waals surface area contributed by atoms with E-state index in [-0.39, 0.29) is 12.3 Å². The van der Waals surface area contributed by atoms with E-state index >= 15 is 0 Å². The van der Waals surface area contributed by atoms with Gasteiger partial charge in [-0.1, -0.05) is 6.07 Å². The zero-order valence-corrected chi connectivity index (χ0v) is 15.1. The first-order valence-corrected chi connectivity index (χ1v) is 8.94. The van der Waals surface area contributed by atoms with E-state index < -0.39 is 18.6 Å². The largest absolute Gasteiger partial charge is 0.389 e. The molecule has 0 aromatic carbocycles. The van der Waals surface area contributed by atoms with Crippen molar-refractivity contribution in [2.24, 2.45) is 0 Å². The SMILES string of the molecule is O=C(NCc1cccnc1)C1CN(c2nccc(CCC(F)(F)F)n2)CCN1. The molecule has 0 aliphatic carbocycles. The predicted octanol–water partition coefficient (Wildman–Crippen LogP) is 1.46. The van der Waals surface area contributed by atoms with Crippen molar-refractivity contribution in [3.63, 3.8) is 0 Å². The van der Waals surface area contributed by atoms with Crippen LogP contribution in [0.5, 0.6) is 0 Å².